The van der Waals surface area contributed by atoms with Gasteiger partial charge in [0.15, 0.2) is 5.69 Å². The van der Waals surface area contributed by atoms with Crippen LogP contribution in [0.25, 0.3) is 11.6 Å². The lowest BCUT2D eigenvalue weighted by molar-refractivity contribution is -0.116. The summed E-state index contributed by atoms with van der Waals surface area (Å²) in [5, 5.41) is 14.0. The Balaban J connectivity index is 1.32. The standard InChI is InChI=1S/C26H22FN7O3/c27-17-14-20(34-10-12-36-13-11-34)22(28-15-17)25-32-33-26(37-25)31-23-24(35)29-19-9-5-4-8-18(19)21(30-23)16-6-2-1-3-7-16/h1-9,14-15,23H,10-13H2,(H,29,35)(H,31,33). The number of nitrogens with one attached hydrogen (secondary N) is 2. The second kappa shape index (κ2) is 9.78. The molecule has 186 valence electrons. The summed E-state index contributed by atoms with van der Waals surface area (Å²) in [5.41, 5.74) is 3.82. The van der Waals surface area contributed by atoms with Crippen LogP contribution in [0.4, 0.5) is 21.8 Å². The molecule has 1 fully saturated rings. The number of benzene rings is 2. The molecule has 1 amide bonds. The van der Waals surface area contributed by atoms with Crippen molar-refractivity contribution in [3.8, 4) is 11.6 Å². The van der Waals surface area contributed by atoms with E-state index in [0.717, 1.165) is 17.3 Å². The Morgan fingerprint density at radius 3 is 2.65 bits per heavy atom. The van der Waals surface area contributed by atoms with Crippen molar-refractivity contribution in [2.75, 3.05) is 41.8 Å². The van der Waals surface area contributed by atoms with E-state index in [1.807, 2.05) is 59.5 Å². The lowest BCUT2D eigenvalue weighted by Crippen LogP contribution is -2.36. The molecule has 0 aliphatic carbocycles. The molecule has 4 aromatic rings. The molecule has 2 aromatic heterocycles. The Hall–Kier alpha value is -4.64. The van der Waals surface area contributed by atoms with E-state index < -0.39 is 12.0 Å². The number of halogens is 1. The van der Waals surface area contributed by atoms with E-state index in [0.29, 0.717) is 49.1 Å². The molecular weight excluding hydrogens is 477 g/mol. The Labute approximate surface area is 211 Å². The van der Waals surface area contributed by atoms with E-state index in [4.69, 9.17) is 14.1 Å². The molecule has 10 nitrogen and oxygen atoms in total. The molecule has 2 N–H and O–H groups in total. The molecule has 0 bridgehead atoms. The van der Waals surface area contributed by atoms with Crippen molar-refractivity contribution in [2.45, 2.75) is 6.17 Å². The van der Waals surface area contributed by atoms with E-state index in [2.05, 4.69) is 25.8 Å². The Kier molecular flexibility index (Phi) is 6.03. The molecule has 4 heterocycles. The Morgan fingerprint density at radius 2 is 1.81 bits per heavy atom. The number of aliphatic imine (C=N–C) groups is 1. The number of nitrogens with zero attached hydrogens (tertiary/aromatic N) is 5. The van der Waals surface area contributed by atoms with Gasteiger partial charge < -0.3 is 24.7 Å². The molecule has 37 heavy (non-hydrogen) atoms. The van der Waals surface area contributed by atoms with Crippen LogP contribution < -0.4 is 15.5 Å². The maximum atomic E-state index is 14.0. The molecule has 2 aliphatic rings. The quantitative estimate of drug-likeness (QED) is 0.429. The number of morpholine rings is 1. The number of rotatable bonds is 5. The van der Waals surface area contributed by atoms with Gasteiger partial charge in [0, 0.05) is 30.3 Å². The summed E-state index contributed by atoms with van der Waals surface area (Å²) >= 11 is 0. The van der Waals surface area contributed by atoms with Gasteiger partial charge in [0.1, 0.15) is 5.82 Å². The highest BCUT2D eigenvalue weighted by atomic mass is 19.1. The molecule has 11 heteroatoms. The Morgan fingerprint density at radius 1 is 1.03 bits per heavy atom. The lowest BCUT2D eigenvalue weighted by Gasteiger charge is -2.29. The summed E-state index contributed by atoms with van der Waals surface area (Å²) in [7, 11) is 0. The number of amides is 1. The summed E-state index contributed by atoms with van der Waals surface area (Å²) in [4.78, 5) is 24.0. The Bertz CT molecular complexity index is 1470. The third kappa shape index (κ3) is 4.64. The van der Waals surface area contributed by atoms with Gasteiger partial charge in [-0.15, -0.1) is 5.10 Å². The first-order chi connectivity index (χ1) is 18.2. The molecule has 1 atom stereocenters. The minimum Gasteiger partial charge on any atom is -0.402 e. The fraction of sp³-hybridized carbons (Fsp3) is 0.192. The number of para-hydroxylation sites is 1. The highest BCUT2D eigenvalue weighted by Gasteiger charge is 2.28. The van der Waals surface area contributed by atoms with Crippen LogP contribution in [0.3, 0.4) is 0 Å². The molecule has 0 saturated carbocycles. The van der Waals surface area contributed by atoms with Crippen molar-refractivity contribution in [1.82, 2.24) is 15.2 Å². The first kappa shape index (κ1) is 22.8. The zero-order chi connectivity index (χ0) is 25.2. The van der Waals surface area contributed by atoms with Crippen LogP contribution in [-0.2, 0) is 9.53 Å². The fourth-order valence-corrected chi connectivity index (χ4v) is 4.31. The zero-order valence-electron chi connectivity index (χ0n) is 19.6. The van der Waals surface area contributed by atoms with E-state index in [1.54, 1.807) is 0 Å². The van der Waals surface area contributed by atoms with Gasteiger partial charge in [-0.2, -0.15) is 0 Å². The van der Waals surface area contributed by atoms with Gasteiger partial charge in [-0.25, -0.2) is 14.4 Å². The molecular formula is C26H22FN7O3. The zero-order valence-corrected chi connectivity index (χ0v) is 19.6. The normalized spacial score (nSPS) is 17.4. The minimum atomic E-state index is -1.05. The van der Waals surface area contributed by atoms with Gasteiger partial charge in [0.2, 0.25) is 6.17 Å². The van der Waals surface area contributed by atoms with Gasteiger partial charge in [-0.05, 0) is 6.07 Å². The predicted octanol–water partition coefficient (Wildman–Crippen LogP) is 3.34. The third-order valence-electron chi connectivity index (χ3n) is 6.07. The first-order valence-electron chi connectivity index (χ1n) is 11.8. The van der Waals surface area contributed by atoms with Gasteiger partial charge in [0.25, 0.3) is 11.8 Å². The monoisotopic (exact) mass is 499 g/mol. The van der Waals surface area contributed by atoms with Gasteiger partial charge in [-0.1, -0.05) is 53.6 Å². The maximum absolute atomic E-state index is 14.0. The molecule has 0 spiro atoms. The smallest absolute Gasteiger partial charge is 0.317 e. The number of aromatic nitrogens is 3. The minimum absolute atomic E-state index is 0.0173. The second-order valence-corrected chi connectivity index (χ2v) is 8.46. The molecule has 1 unspecified atom stereocenters. The van der Waals surface area contributed by atoms with Crippen molar-refractivity contribution in [2.24, 2.45) is 4.99 Å². The average molecular weight is 500 g/mol. The number of benzodiazepines with no additional fused rings is 1. The summed E-state index contributed by atoms with van der Waals surface area (Å²) < 4.78 is 25.3. The van der Waals surface area contributed by atoms with Crippen molar-refractivity contribution in [3.05, 3.63) is 83.8 Å². The van der Waals surface area contributed by atoms with E-state index in [1.165, 1.54) is 6.07 Å². The number of hydrogen-bond donors (Lipinski definition) is 2. The number of hydrogen-bond acceptors (Lipinski definition) is 9. The van der Waals surface area contributed by atoms with E-state index >= 15 is 0 Å². The van der Waals surface area contributed by atoms with Crippen molar-refractivity contribution < 1.29 is 18.3 Å². The lowest BCUT2D eigenvalue weighted by atomic mass is 10.0. The molecule has 0 radical (unpaired) electrons. The molecule has 2 aliphatic heterocycles. The number of pyridine rings is 1. The highest BCUT2D eigenvalue weighted by Crippen LogP contribution is 2.31. The maximum Gasteiger partial charge on any atom is 0.317 e. The van der Waals surface area contributed by atoms with E-state index in [-0.39, 0.29) is 17.8 Å². The van der Waals surface area contributed by atoms with Crippen LogP contribution in [0.2, 0.25) is 0 Å². The van der Waals surface area contributed by atoms with Gasteiger partial charge in [0.05, 0.1) is 36.5 Å². The SMILES string of the molecule is O=C1Nc2ccccc2C(c2ccccc2)=NC1Nc1nnc(-c2ncc(F)cc2N2CCOCC2)o1. The average Bonchev–Trinajstić information content (AvgIpc) is 3.35. The largest absolute Gasteiger partial charge is 0.402 e. The van der Waals surface area contributed by atoms with E-state index in [9.17, 15) is 9.18 Å². The number of carbonyl (C=O) groups excluding carboxylic acids is 1. The number of fused-ring (bicyclic) bond motifs is 1. The topological polar surface area (TPSA) is 118 Å². The summed E-state index contributed by atoms with van der Waals surface area (Å²) in [6.07, 6.45) is 0.0546. The molecule has 6 rings (SSSR count). The number of carbonyl (C=O) groups is 1. The van der Waals surface area contributed by atoms with Crippen LogP contribution in [0.1, 0.15) is 11.1 Å². The third-order valence-corrected chi connectivity index (χ3v) is 6.07. The first-order valence-corrected chi connectivity index (χ1v) is 11.8. The van der Waals surface area contributed by atoms with Crippen molar-refractivity contribution in [1.29, 1.82) is 0 Å². The van der Waals surface area contributed by atoms with Crippen LogP contribution in [0, 0.1) is 5.82 Å². The number of anilines is 3. The van der Waals surface area contributed by atoms with Crippen LogP contribution >= 0.6 is 0 Å². The van der Waals surface area contributed by atoms with Crippen LogP contribution in [-0.4, -0.2) is 59.3 Å². The van der Waals surface area contributed by atoms with Crippen molar-refractivity contribution in [3.63, 3.8) is 0 Å². The highest BCUT2D eigenvalue weighted by molar-refractivity contribution is 6.19. The summed E-state index contributed by atoms with van der Waals surface area (Å²) in [6, 6.07) is 18.4. The summed E-state index contributed by atoms with van der Waals surface area (Å²) in [5.74, 6) is -0.763. The van der Waals surface area contributed by atoms with Crippen molar-refractivity contribution >= 4 is 29.0 Å². The van der Waals surface area contributed by atoms with Crippen LogP contribution in [0.5, 0.6) is 0 Å². The van der Waals surface area contributed by atoms with Gasteiger partial charge in [-0.3, -0.25) is 4.79 Å². The molecule has 1 saturated heterocycles. The second-order valence-electron chi connectivity index (χ2n) is 8.46. The van der Waals surface area contributed by atoms with Crippen LogP contribution in [0.15, 0.2) is 76.3 Å². The fourth-order valence-electron chi connectivity index (χ4n) is 4.31. The molecule has 2 aromatic carbocycles. The summed E-state index contributed by atoms with van der Waals surface area (Å²) in [6.45, 7) is 2.20. The number of ether oxygens (including phenoxy) is 1. The predicted molar refractivity (Wildman–Crippen MR) is 135 cm³/mol. The van der Waals surface area contributed by atoms with Gasteiger partial charge >= 0.3 is 6.01 Å².